The molecule has 0 spiro atoms. The summed E-state index contributed by atoms with van der Waals surface area (Å²) in [5.41, 5.74) is 0.765. The van der Waals surface area contributed by atoms with Gasteiger partial charge in [0.25, 0.3) is 0 Å². The van der Waals surface area contributed by atoms with Crippen molar-refractivity contribution in [2.45, 2.75) is 0 Å². The molecule has 0 unspecified atom stereocenters. The van der Waals surface area contributed by atoms with Crippen LogP contribution in [-0.4, -0.2) is 20.1 Å². The minimum atomic E-state index is 0.0766. The number of hydrogen-bond donors (Lipinski definition) is 1. The number of aromatic hydroxyl groups is 1. The van der Waals surface area contributed by atoms with E-state index in [0.717, 1.165) is 5.69 Å². The van der Waals surface area contributed by atoms with Crippen LogP contribution in [-0.2, 0) is 0 Å². The number of nitrogens with zero attached hydrogens (tertiary/aromatic N) is 3. The fourth-order valence-corrected chi connectivity index (χ4v) is 1.69. The smallest absolute Gasteiger partial charge is 0.171 e. The van der Waals surface area contributed by atoms with E-state index in [4.69, 9.17) is 4.74 Å². The number of ether oxygens (including phenoxy) is 1. The predicted octanol–water partition coefficient (Wildman–Crippen LogP) is 2.77. The van der Waals surface area contributed by atoms with E-state index in [1.807, 2.05) is 30.3 Å². The molecule has 19 heavy (non-hydrogen) atoms. The Morgan fingerprint density at radius 1 is 1.05 bits per heavy atom. The first-order valence-corrected chi connectivity index (χ1v) is 5.75. The van der Waals surface area contributed by atoms with E-state index < -0.39 is 0 Å². The van der Waals surface area contributed by atoms with Gasteiger partial charge in [-0.2, -0.15) is 0 Å². The lowest BCUT2D eigenvalue weighted by molar-refractivity contribution is 0.411. The first-order chi connectivity index (χ1) is 9.33. The van der Waals surface area contributed by atoms with E-state index in [-0.39, 0.29) is 5.75 Å². The molecule has 1 heterocycles. The molecule has 0 bridgehead atoms. The standard InChI is InChI=1S/C14H11N3O2/c18-13-7-6-11(17-9-8-15-16-17)10-14(13)19-12-4-2-1-3-5-12/h1-10,18H. The Morgan fingerprint density at radius 3 is 2.63 bits per heavy atom. The van der Waals surface area contributed by atoms with Crippen LogP contribution in [0.15, 0.2) is 60.9 Å². The van der Waals surface area contributed by atoms with E-state index in [0.29, 0.717) is 11.5 Å². The molecule has 0 aliphatic carbocycles. The molecular formula is C14H11N3O2. The van der Waals surface area contributed by atoms with Crippen molar-refractivity contribution >= 4 is 0 Å². The van der Waals surface area contributed by atoms with Crippen LogP contribution < -0.4 is 4.74 Å². The van der Waals surface area contributed by atoms with Gasteiger partial charge in [-0.3, -0.25) is 0 Å². The zero-order valence-corrected chi connectivity index (χ0v) is 9.97. The van der Waals surface area contributed by atoms with Gasteiger partial charge in [0.15, 0.2) is 11.5 Å². The Balaban J connectivity index is 1.95. The van der Waals surface area contributed by atoms with Crippen LogP contribution in [0.4, 0.5) is 0 Å². The average Bonchev–Trinajstić information content (AvgIpc) is 2.96. The van der Waals surface area contributed by atoms with E-state index >= 15 is 0 Å². The Kier molecular flexibility index (Phi) is 2.86. The Bertz CT molecular complexity index is 666. The summed E-state index contributed by atoms with van der Waals surface area (Å²) < 4.78 is 7.23. The molecule has 0 saturated heterocycles. The highest BCUT2D eigenvalue weighted by Gasteiger charge is 2.07. The Morgan fingerprint density at radius 2 is 1.89 bits per heavy atom. The van der Waals surface area contributed by atoms with Crippen LogP contribution in [0.1, 0.15) is 0 Å². The van der Waals surface area contributed by atoms with Crippen molar-refractivity contribution in [1.29, 1.82) is 0 Å². The average molecular weight is 253 g/mol. The summed E-state index contributed by atoms with van der Waals surface area (Å²) in [7, 11) is 0. The third-order valence-electron chi connectivity index (χ3n) is 2.60. The summed E-state index contributed by atoms with van der Waals surface area (Å²) in [5, 5.41) is 17.5. The molecule has 0 radical (unpaired) electrons. The molecule has 94 valence electrons. The van der Waals surface area contributed by atoms with Gasteiger partial charge in [0.05, 0.1) is 18.1 Å². The van der Waals surface area contributed by atoms with E-state index in [1.165, 1.54) is 0 Å². The summed E-state index contributed by atoms with van der Waals surface area (Å²) in [5.74, 6) is 1.11. The lowest BCUT2D eigenvalue weighted by Crippen LogP contribution is -1.95. The van der Waals surface area contributed by atoms with Crippen molar-refractivity contribution in [3.63, 3.8) is 0 Å². The number of phenolic OH excluding ortho intramolecular Hbond substituents is 1. The number of aromatic nitrogens is 3. The van der Waals surface area contributed by atoms with Crippen molar-refractivity contribution < 1.29 is 9.84 Å². The van der Waals surface area contributed by atoms with Crippen molar-refractivity contribution in [2.75, 3.05) is 0 Å². The fourth-order valence-electron chi connectivity index (χ4n) is 1.69. The van der Waals surface area contributed by atoms with Gasteiger partial charge in [-0.1, -0.05) is 23.4 Å². The SMILES string of the molecule is Oc1ccc(-n2ccnn2)cc1Oc1ccccc1. The minimum Gasteiger partial charge on any atom is -0.504 e. The number of hydrogen-bond acceptors (Lipinski definition) is 4. The molecule has 1 aromatic heterocycles. The van der Waals surface area contributed by atoms with Crippen LogP contribution in [0.2, 0.25) is 0 Å². The second-order valence-corrected chi connectivity index (χ2v) is 3.91. The topological polar surface area (TPSA) is 60.2 Å². The summed E-state index contributed by atoms with van der Waals surface area (Å²) in [6.45, 7) is 0. The molecule has 5 heteroatoms. The molecule has 0 saturated carbocycles. The molecule has 1 N–H and O–H groups in total. The van der Waals surface area contributed by atoms with Gasteiger partial charge < -0.3 is 9.84 Å². The largest absolute Gasteiger partial charge is 0.504 e. The minimum absolute atomic E-state index is 0.0766. The van der Waals surface area contributed by atoms with Gasteiger partial charge in [-0.15, -0.1) is 5.10 Å². The third kappa shape index (κ3) is 2.40. The Hall–Kier alpha value is -2.82. The van der Waals surface area contributed by atoms with E-state index in [2.05, 4.69) is 10.3 Å². The van der Waals surface area contributed by atoms with Gasteiger partial charge in [-0.05, 0) is 24.3 Å². The number of rotatable bonds is 3. The first kappa shape index (κ1) is 11.3. The maximum Gasteiger partial charge on any atom is 0.171 e. The van der Waals surface area contributed by atoms with Crippen molar-refractivity contribution in [2.24, 2.45) is 0 Å². The highest BCUT2D eigenvalue weighted by atomic mass is 16.5. The molecule has 2 aromatic carbocycles. The summed E-state index contributed by atoms with van der Waals surface area (Å²) >= 11 is 0. The Labute approximate surface area is 109 Å². The first-order valence-electron chi connectivity index (χ1n) is 5.75. The number of benzene rings is 2. The maximum absolute atomic E-state index is 9.82. The van der Waals surface area contributed by atoms with Crippen LogP contribution in [0.5, 0.6) is 17.2 Å². The fraction of sp³-hybridized carbons (Fsp3) is 0. The molecule has 3 aromatic rings. The molecule has 0 aliphatic rings. The monoisotopic (exact) mass is 253 g/mol. The molecule has 3 rings (SSSR count). The predicted molar refractivity (Wildman–Crippen MR) is 69.5 cm³/mol. The van der Waals surface area contributed by atoms with Gasteiger partial charge in [0.1, 0.15) is 5.75 Å². The highest BCUT2D eigenvalue weighted by Crippen LogP contribution is 2.32. The second kappa shape index (κ2) is 4.81. The van der Waals surface area contributed by atoms with E-state index in [9.17, 15) is 5.11 Å². The highest BCUT2D eigenvalue weighted by molar-refractivity contribution is 5.49. The van der Waals surface area contributed by atoms with Crippen molar-refractivity contribution in [1.82, 2.24) is 15.0 Å². The van der Waals surface area contributed by atoms with Crippen molar-refractivity contribution in [3.05, 3.63) is 60.9 Å². The molecule has 0 amide bonds. The van der Waals surface area contributed by atoms with Crippen LogP contribution in [0.3, 0.4) is 0 Å². The molecule has 5 nitrogen and oxygen atoms in total. The maximum atomic E-state index is 9.82. The van der Waals surface area contributed by atoms with Crippen LogP contribution >= 0.6 is 0 Å². The lowest BCUT2D eigenvalue weighted by atomic mass is 10.2. The van der Waals surface area contributed by atoms with Gasteiger partial charge in [0.2, 0.25) is 0 Å². The third-order valence-corrected chi connectivity index (χ3v) is 2.60. The summed E-state index contributed by atoms with van der Waals surface area (Å²) in [6, 6.07) is 14.3. The second-order valence-electron chi connectivity index (χ2n) is 3.91. The summed E-state index contributed by atoms with van der Waals surface area (Å²) in [6.07, 6.45) is 3.31. The molecule has 0 aliphatic heterocycles. The number of phenols is 1. The van der Waals surface area contributed by atoms with Gasteiger partial charge >= 0.3 is 0 Å². The quantitative estimate of drug-likeness (QED) is 0.779. The van der Waals surface area contributed by atoms with Gasteiger partial charge in [0, 0.05) is 6.07 Å². The molecular weight excluding hydrogens is 242 g/mol. The zero-order chi connectivity index (χ0) is 13.1. The lowest BCUT2D eigenvalue weighted by Gasteiger charge is -2.09. The van der Waals surface area contributed by atoms with Crippen LogP contribution in [0, 0.1) is 0 Å². The number of para-hydroxylation sites is 1. The summed E-state index contributed by atoms with van der Waals surface area (Å²) in [4.78, 5) is 0. The van der Waals surface area contributed by atoms with Crippen LogP contribution in [0.25, 0.3) is 5.69 Å². The van der Waals surface area contributed by atoms with E-state index in [1.54, 1.807) is 35.3 Å². The molecule has 0 atom stereocenters. The zero-order valence-electron chi connectivity index (χ0n) is 9.97. The van der Waals surface area contributed by atoms with Crippen molar-refractivity contribution in [3.8, 4) is 22.9 Å². The normalized spacial score (nSPS) is 10.3. The molecule has 0 fully saturated rings. The van der Waals surface area contributed by atoms with Gasteiger partial charge in [-0.25, -0.2) is 4.68 Å².